The summed E-state index contributed by atoms with van der Waals surface area (Å²) in [4.78, 5) is 2.60. The number of aliphatic hydroxyl groups excluding tert-OH is 1. The van der Waals surface area contributed by atoms with Crippen molar-refractivity contribution in [2.24, 2.45) is 0 Å². The molecule has 9 nitrogen and oxygen atoms in total. The van der Waals surface area contributed by atoms with Crippen LogP contribution in [0.25, 0.3) is 0 Å². The van der Waals surface area contributed by atoms with Gasteiger partial charge in [-0.05, 0) is 65.1 Å². The monoisotopic (exact) mass is 630 g/mol. The molecule has 2 aliphatic rings. The Morgan fingerprint density at radius 2 is 1.53 bits per heavy atom. The van der Waals surface area contributed by atoms with Crippen molar-refractivity contribution in [1.82, 2.24) is 4.90 Å². The fraction of sp³-hybridized carbons (Fsp3) is 0.314. The van der Waals surface area contributed by atoms with Crippen LogP contribution in [0.2, 0.25) is 0 Å². The molecule has 0 unspecified atom stereocenters. The molecule has 1 fully saturated rings. The van der Waals surface area contributed by atoms with Gasteiger partial charge in [0, 0.05) is 37.3 Å². The van der Waals surface area contributed by atoms with Gasteiger partial charge in [0.25, 0.3) is 10.0 Å². The van der Waals surface area contributed by atoms with E-state index in [1.165, 1.54) is 11.1 Å². The molecule has 0 saturated carbocycles. The molecule has 0 spiro atoms. The zero-order valence-corrected chi connectivity index (χ0v) is 26.2. The molecule has 45 heavy (non-hydrogen) atoms. The van der Waals surface area contributed by atoms with E-state index in [2.05, 4.69) is 21.8 Å². The van der Waals surface area contributed by atoms with Gasteiger partial charge in [0.2, 0.25) is 0 Å². The SMILES string of the molecule is COc1cc2c(cc1OC)CN(C[C@@H]1C[C@H](c3ccc(CO)cc3)O[C@H](c3ccc(NS(=O)(=O)c4ccccc4)cc3)O1)CC2. The Morgan fingerprint density at radius 3 is 2.20 bits per heavy atom. The van der Waals surface area contributed by atoms with Crippen LogP contribution in [0.4, 0.5) is 5.69 Å². The number of anilines is 1. The summed E-state index contributed by atoms with van der Waals surface area (Å²) in [5.74, 6) is 1.47. The molecule has 2 aliphatic heterocycles. The van der Waals surface area contributed by atoms with Gasteiger partial charge in [0.1, 0.15) is 0 Å². The molecule has 0 radical (unpaired) electrons. The number of rotatable bonds is 10. The highest BCUT2D eigenvalue weighted by molar-refractivity contribution is 7.92. The lowest BCUT2D eigenvalue weighted by Gasteiger charge is -2.39. The van der Waals surface area contributed by atoms with Crippen molar-refractivity contribution in [2.75, 3.05) is 32.0 Å². The first-order chi connectivity index (χ1) is 21.8. The summed E-state index contributed by atoms with van der Waals surface area (Å²) in [6.45, 7) is 2.36. The summed E-state index contributed by atoms with van der Waals surface area (Å²) in [6, 6.07) is 27.3. The first kappa shape index (κ1) is 31.1. The van der Waals surface area contributed by atoms with Gasteiger partial charge in [-0.1, -0.05) is 54.6 Å². The average molecular weight is 631 g/mol. The van der Waals surface area contributed by atoms with E-state index in [0.29, 0.717) is 18.7 Å². The standard InChI is InChI=1S/C35H38N2O7S/c1-41-33-18-27-16-17-37(21-28(27)19-34(33)42-2)22-30-20-32(25-10-8-24(23-38)9-11-25)44-35(43-30)26-12-14-29(15-13-26)36-45(39,40)31-6-4-3-5-7-31/h3-15,18-19,30,32,35-36,38H,16-17,20-23H2,1-2H3/t30-,32+,35+/m0/s1. The van der Waals surface area contributed by atoms with Gasteiger partial charge in [0.15, 0.2) is 17.8 Å². The number of aliphatic hydroxyl groups is 1. The molecule has 3 atom stereocenters. The molecule has 10 heteroatoms. The lowest BCUT2D eigenvalue weighted by Crippen LogP contribution is -2.41. The van der Waals surface area contributed by atoms with Crippen molar-refractivity contribution >= 4 is 15.7 Å². The lowest BCUT2D eigenvalue weighted by molar-refractivity contribution is -0.253. The maximum Gasteiger partial charge on any atom is 0.261 e. The van der Waals surface area contributed by atoms with E-state index in [4.69, 9.17) is 18.9 Å². The van der Waals surface area contributed by atoms with Crippen molar-refractivity contribution in [3.63, 3.8) is 0 Å². The van der Waals surface area contributed by atoms with Crippen LogP contribution in [-0.4, -0.2) is 51.8 Å². The number of sulfonamides is 1. The zero-order chi connectivity index (χ0) is 31.4. The van der Waals surface area contributed by atoms with Crippen LogP contribution in [0.15, 0.2) is 95.9 Å². The zero-order valence-electron chi connectivity index (χ0n) is 25.4. The predicted octanol–water partition coefficient (Wildman–Crippen LogP) is 5.60. The van der Waals surface area contributed by atoms with Gasteiger partial charge < -0.3 is 24.1 Å². The van der Waals surface area contributed by atoms with E-state index in [0.717, 1.165) is 47.7 Å². The number of hydrogen-bond acceptors (Lipinski definition) is 8. The minimum absolute atomic E-state index is 0.0202. The van der Waals surface area contributed by atoms with Crippen LogP contribution >= 0.6 is 0 Å². The highest BCUT2D eigenvalue weighted by Crippen LogP contribution is 2.39. The molecule has 236 valence electrons. The maximum atomic E-state index is 12.8. The van der Waals surface area contributed by atoms with Crippen LogP contribution in [0.1, 0.15) is 46.6 Å². The summed E-state index contributed by atoms with van der Waals surface area (Å²) in [5.41, 5.74) is 5.57. The van der Waals surface area contributed by atoms with E-state index < -0.39 is 16.3 Å². The third-order valence-corrected chi connectivity index (χ3v) is 9.76. The number of hydrogen-bond donors (Lipinski definition) is 2. The molecule has 4 aromatic carbocycles. The largest absolute Gasteiger partial charge is 0.493 e. The number of benzene rings is 4. The quantitative estimate of drug-likeness (QED) is 0.233. The van der Waals surface area contributed by atoms with Crippen LogP contribution in [0.3, 0.4) is 0 Å². The fourth-order valence-electron chi connectivity index (χ4n) is 5.94. The highest BCUT2D eigenvalue weighted by Gasteiger charge is 2.34. The van der Waals surface area contributed by atoms with Crippen molar-refractivity contribution < 1.29 is 32.5 Å². The molecular weight excluding hydrogens is 592 g/mol. The highest BCUT2D eigenvalue weighted by atomic mass is 32.2. The Hall–Kier alpha value is -3.93. The number of fused-ring (bicyclic) bond motifs is 1. The normalized spacial score (nSPS) is 20.3. The summed E-state index contributed by atoms with van der Waals surface area (Å²) >= 11 is 0. The first-order valence-electron chi connectivity index (χ1n) is 15.0. The lowest BCUT2D eigenvalue weighted by atomic mass is 9.97. The third kappa shape index (κ3) is 7.16. The summed E-state index contributed by atoms with van der Waals surface area (Å²) in [6.07, 6.45) is 0.574. The molecular formula is C35H38N2O7S. The first-order valence-corrected chi connectivity index (χ1v) is 16.5. The van der Waals surface area contributed by atoms with E-state index in [1.807, 2.05) is 36.4 Å². The van der Waals surface area contributed by atoms with Gasteiger partial charge in [-0.2, -0.15) is 0 Å². The molecule has 0 amide bonds. The molecule has 4 aromatic rings. The molecule has 1 saturated heterocycles. The molecule has 6 rings (SSSR count). The second-order valence-corrected chi connectivity index (χ2v) is 13.0. The second kappa shape index (κ2) is 13.6. The minimum atomic E-state index is -3.71. The smallest absolute Gasteiger partial charge is 0.261 e. The van der Waals surface area contributed by atoms with Crippen LogP contribution in [-0.2, 0) is 39.1 Å². The van der Waals surface area contributed by atoms with Crippen molar-refractivity contribution in [1.29, 1.82) is 0 Å². The Labute approximate surface area is 264 Å². The topological polar surface area (TPSA) is 107 Å². The number of methoxy groups -OCH3 is 2. The van der Waals surface area contributed by atoms with Gasteiger partial charge in [-0.25, -0.2) is 8.42 Å². The van der Waals surface area contributed by atoms with Gasteiger partial charge >= 0.3 is 0 Å². The van der Waals surface area contributed by atoms with Gasteiger partial charge in [-0.3, -0.25) is 9.62 Å². The fourth-order valence-corrected chi connectivity index (χ4v) is 7.02. The minimum Gasteiger partial charge on any atom is -0.493 e. The summed E-state index contributed by atoms with van der Waals surface area (Å²) in [7, 11) is -0.400. The molecule has 2 heterocycles. The molecule has 0 aromatic heterocycles. The number of ether oxygens (including phenoxy) is 4. The molecule has 0 bridgehead atoms. The Kier molecular flexibility index (Phi) is 9.39. The van der Waals surface area contributed by atoms with Crippen molar-refractivity contribution in [3.8, 4) is 11.5 Å². The maximum absolute atomic E-state index is 12.8. The van der Waals surface area contributed by atoms with Crippen molar-refractivity contribution in [3.05, 3.63) is 119 Å². The molecule has 2 N–H and O–H groups in total. The second-order valence-electron chi connectivity index (χ2n) is 11.4. The number of nitrogens with one attached hydrogen (secondary N) is 1. The van der Waals surface area contributed by atoms with Gasteiger partial charge in [0.05, 0.1) is 37.9 Å². The average Bonchev–Trinajstić information content (AvgIpc) is 3.08. The Morgan fingerprint density at radius 1 is 0.867 bits per heavy atom. The molecule has 0 aliphatic carbocycles. The number of nitrogens with zero attached hydrogens (tertiary/aromatic N) is 1. The van der Waals surface area contributed by atoms with Crippen LogP contribution in [0.5, 0.6) is 11.5 Å². The van der Waals surface area contributed by atoms with E-state index in [-0.39, 0.29) is 23.7 Å². The van der Waals surface area contributed by atoms with Crippen molar-refractivity contribution in [2.45, 2.75) is 49.4 Å². The summed E-state index contributed by atoms with van der Waals surface area (Å²) in [5, 5.41) is 9.53. The van der Waals surface area contributed by atoms with E-state index in [9.17, 15) is 13.5 Å². The Bertz CT molecular complexity index is 1700. The van der Waals surface area contributed by atoms with Crippen LogP contribution < -0.4 is 14.2 Å². The van der Waals surface area contributed by atoms with Gasteiger partial charge in [-0.15, -0.1) is 0 Å². The van der Waals surface area contributed by atoms with E-state index in [1.54, 1.807) is 56.7 Å². The summed E-state index contributed by atoms with van der Waals surface area (Å²) < 4.78 is 52.4. The third-order valence-electron chi connectivity index (χ3n) is 8.36. The van der Waals surface area contributed by atoms with Crippen LogP contribution in [0, 0.1) is 0 Å². The Balaban J connectivity index is 1.20. The predicted molar refractivity (Wildman–Crippen MR) is 171 cm³/mol. The van der Waals surface area contributed by atoms with E-state index >= 15 is 0 Å².